The summed E-state index contributed by atoms with van der Waals surface area (Å²) in [7, 11) is 0. The number of benzene rings is 3. The number of ether oxygens (including phenoxy) is 1. The van der Waals surface area contributed by atoms with E-state index in [1.165, 1.54) is 12.1 Å². The van der Waals surface area contributed by atoms with E-state index >= 15 is 0 Å². The Morgan fingerprint density at radius 3 is 2.17 bits per heavy atom. The number of aliphatic hydroxyl groups excluding tert-OH is 2. The maximum atomic E-state index is 14.2. The van der Waals surface area contributed by atoms with E-state index in [2.05, 4.69) is 6.08 Å². The summed E-state index contributed by atoms with van der Waals surface area (Å²) in [6.07, 6.45) is 2.54. The van der Waals surface area contributed by atoms with Crippen molar-refractivity contribution in [1.29, 1.82) is 0 Å². The predicted molar refractivity (Wildman–Crippen MR) is 152 cm³/mol. The van der Waals surface area contributed by atoms with Crippen LogP contribution in [-0.2, 0) is 18.6 Å². The van der Waals surface area contributed by atoms with E-state index in [-0.39, 0.29) is 41.8 Å². The highest BCUT2D eigenvalue weighted by Crippen LogP contribution is 2.64. The summed E-state index contributed by atoms with van der Waals surface area (Å²) in [6, 6.07) is 7.87. The fourth-order valence-corrected chi connectivity index (χ4v) is 8.22. The van der Waals surface area contributed by atoms with Crippen LogP contribution < -0.4 is 4.74 Å². The largest absolute Gasteiger partial charge is 0.507 e. The van der Waals surface area contributed by atoms with Gasteiger partial charge in [-0.3, -0.25) is 4.79 Å². The minimum Gasteiger partial charge on any atom is -0.507 e. The Kier molecular flexibility index (Phi) is 4.81. The lowest BCUT2D eigenvalue weighted by molar-refractivity contribution is -0.176. The fraction of sp³-hybridized carbons (Fsp3) is 0.303. The predicted octanol–water partition coefficient (Wildman–Crippen LogP) is 5.32. The molecule has 1 aliphatic heterocycles. The molecule has 0 amide bonds. The monoisotopic (exact) mass is 568 g/mol. The van der Waals surface area contributed by atoms with E-state index in [0.717, 1.165) is 16.7 Å². The van der Waals surface area contributed by atoms with E-state index in [9.17, 15) is 30.3 Å². The van der Waals surface area contributed by atoms with Crippen molar-refractivity contribution in [2.24, 2.45) is 5.92 Å². The number of aliphatic hydroxyl groups is 3. The first-order valence-corrected chi connectivity index (χ1v) is 13.9. The molecule has 0 bridgehead atoms. The molecule has 3 heterocycles. The van der Waals surface area contributed by atoms with Crippen LogP contribution in [0.2, 0.25) is 0 Å². The topological polar surface area (TPSA) is 154 Å². The summed E-state index contributed by atoms with van der Waals surface area (Å²) in [5, 5.41) is 55.2. The third-order valence-electron chi connectivity index (χ3n) is 9.64. The first kappa shape index (κ1) is 25.4. The maximum Gasteiger partial charge on any atom is 0.280 e. The highest BCUT2D eigenvalue weighted by atomic mass is 16.6. The standard InChI is InChI=1S/C33H28O9/c1-13-4-17-24-14(2)25-22(40-20-7-15(11-34)5-18(36)26(20)25)9-23(24)42-33(39)30(17)32(3,10-13)28-27-19(37)6-16(12-35)8-21(27)41-29(28)31(33)38/h4-9,17,30,34-37,39H,10-12H2,1-3H3. The van der Waals surface area contributed by atoms with Crippen LogP contribution >= 0.6 is 0 Å². The van der Waals surface area contributed by atoms with Crippen LogP contribution in [0.15, 0.2) is 50.8 Å². The first-order valence-electron chi connectivity index (χ1n) is 13.9. The molecule has 8 rings (SSSR count). The number of hydrogen-bond donors (Lipinski definition) is 5. The summed E-state index contributed by atoms with van der Waals surface area (Å²) in [5.74, 6) is -4.17. The number of phenolic OH excluding ortho intramolecular Hbond substituents is 2. The molecule has 9 nitrogen and oxygen atoms in total. The number of ketones is 1. The van der Waals surface area contributed by atoms with Gasteiger partial charge in [-0.2, -0.15) is 0 Å². The van der Waals surface area contributed by atoms with Gasteiger partial charge < -0.3 is 39.1 Å². The van der Waals surface area contributed by atoms with Gasteiger partial charge >= 0.3 is 0 Å². The average molecular weight is 569 g/mol. The van der Waals surface area contributed by atoms with Gasteiger partial charge in [0.2, 0.25) is 0 Å². The Morgan fingerprint density at radius 1 is 0.881 bits per heavy atom. The second-order valence-electron chi connectivity index (χ2n) is 12.2. The van der Waals surface area contributed by atoms with Gasteiger partial charge in [-0.05, 0) is 61.2 Å². The van der Waals surface area contributed by atoms with Crippen LogP contribution in [0.1, 0.15) is 64.6 Å². The van der Waals surface area contributed by atoms with Crippen LogP contribution in [0.25, 0.3) is 32.9 Å². The highest BCUT2D eigenvalue weighted by molar-refractivity contribution is 6.12. The van der Waals surface area contributed by atoms with Crippen molar-refractivity contribution < 1.29 is 43.9 Å². The molecule has 0 fully saturated rings. The normalized spacial score (nSPS) is 26.2. The summed E-state index contributed by atoms with van der Waals surface area (Å²) in [6.45, 7) is 5.29. The first-order chi connectivity index (χ1) is 20.0. The Hall–Kier alpha value is -4.31. The van der Waals surface area contributed by atoms with Crippen molar-refractivity contribution in [3.63, 3.8) is 0 Å². The number of rotatable bonds is 2. The number of Topliss-reactive ketones (excluding diaryl/α,β-unsaturated/α-hetero) is 1. The van der Waals surface area contributed by atoms with E-state index in [4.69, 9.17) is 13.6 Å². The molecular formula is C33H28O9. The maximum absolute atomic E-state index is 14.2. The molecule has 4 atom stereocenters. The number of furan rings is 2. The fourth-order valence-electron chi connectivity index (χ4n) is 8.22. The molecule has 214 valence electrons. The van der Waals surface area contributed by atoms with Crippen molar-refractivity contribution >= 4 is 38.7 Å². The van der Waals surface area contributed by atoms with Crippen molar-refractivity contribution in [1.82, 2.24) is 0 Å². The molecule has 0 saturated carbocycles. The summed E-state index contributed by atoms with van der Waals surface area (Å²) >= 11 is 0. The number of aromatic hydroxyl groups is 2. The lowest BCUT2D eigenvalue weighted by atomic mass is 9.51. The summed E-state index contributed by atoms with van der Waals surface area (Å²) in [5.41, 5.74) is 4.19. The van der Waals surface area contributed by atoms with Crippen molar-refractivity contribution in [3.05, 3.63) is 75.6 Å². The van der Waals surface area contributed by atoms with Gasteiger partial charge in [-0.15, -0.1) is 0 Å². The van der Waals surface area contributed by atoms with Gasteiger partial charge in [0.1, 0.15) is 34.0 Å². The van der Waals surface area contributed by atoms with E-state index < -0.39 is 28.8 Å². The van der Waals surface area contributed by atoms with Crippen molar-refractivity contribution in [2.45, 2.75) is 57.5 Å². The van der Waals surface area contributed by atoms with Gasteiger partial charge in [-0.25, -0.2) is 0 Å². The Morgan fingerprint density at radius 2 is 1.50 bits per heavy atom. The summed E-state index contributed by atoms with van der Waals surface area (Å²) < 4.78 is 18.4. The lowest BCUT2D eigenvalue weighted by Gasteiger charge is -2.56. The third kappa shape index (κ3) is 2.90. The van der Waals surface area contributed by atoms with Gasteiger partial charge in [0, 0.05) is 33.9 Å². The second-order valence-corrected chi connectivity index (χ2v) is 12.2. The van der Waals surface area contributed by atoms with Gasteiger partial charge in [-0.1, -0.05) is 18.6 Å². The zero-order valence-corrected chi connectivity index (χ0v) is 23.1. The molecule has 4 unspecified atom stereocenters. The number of carbonyl (C=O) groups is 1. The van der Waals surface area contributed by atoms with Crippen molar-refractivity contribution in [2.75, 3.05) is 0 Å². The van der Waals surface area contributed by atoms with Crippen LogP contribution in [0.4, 0.5) is 0 Å². The molecule has 0 radical (unpaired) electrons. The molecule has 2 aliphatic carbocycles. The van der Waals surface area contributed by atoms with Gasteiger partial charge in [0.25, 0.3) is 11.6 Å². The summed E-state index contributed by atoms with van der Waals surface area (Å²) in [4.78, 5) is 14.2. The molecule has 0 saturated heterocycles. The van der Waals surface area contributed by atoms with Crippen LogP contribution in [0, 0.1) is 12.8 Å². The van der Waals surface area contributed by atoms with Crippen LogP contribution in [0.5, 0.6) is 17.2 Å². The Bertz CT molecular complexity index is 2080. The number of carbonyl (C=O) groups excluding carboxylic acids is 1. The minimum absolute atomic E-state index is 0.0214. The average Bonchev–Trinajstić information content (AvgIpc) is 3.51. The number of phenols is 2. The number of hydrogen-bond acceptors (Lipinski definition) is 9. The quantitative estimate of drug-likeness (QED) is 0.178. The van der Waals surface area contributed by atoms with Crippen LogP contribution in [0.3, 0.4) is 0 Å². The van der Waals surface area contributed by atoms with Gasteiger partial charge in [0.15, 0.2) is 5.76 Å². The SMILES string of the molecule is CC1=CC2c3c(cc4oc5cc(CO)cc(O)c5c4c3C)OC3(O)C(=O)c4oc5cc(CO)cc(O)c5c4C(C)(C1)C23. The lowest BCUT2D eigenvalue weighted by Crippen LogP contribution is -2.65. The molecule has 5 aromatic rings. The van der Waals surface area contributed by atoms with E-state index in [0.29, 0.717) is 50.4 Å². The molecular weight excluding hydrogens is 540 g/mol. The molecule has 0 spiro atoms. The molecule has 3 aromatic carbocycles. The molecule has 42 heavy (non-hydrogen) atoms. The Labute approximate surface area is 238 Å². The minimum atomic E-state index is -2.28. The smallest absolute Gasteiger partial charge is 0.280 e. The number of aryl methyl sites for hydroxylation is 1. The molecule has 3 aliphatic rings. The van der Waals surface area contributed by atoms with Crippen molar-refractivity contribution in [3.8, 4) is 17.2 Å². The van der Waals surface area contributed by atoms with E-state index in [1.54, 1.807) is 18.2 Å². The molecule has 9 heteroatoms. The third-order valence-corrected chi connectivity index (χ3v) is 9.64. The number of allylic oxidation sites excluding steroid dienone is 2. The molecule has 5 N–H and O–H groups in total. The second kappa shape index (κ2) is 7.95. The molecule has 2 aromatic heterocycles. The zero-order valence-electron chi connectivity index (χ0n) is 23.1. The zero-order chi connectivity index (χ0) is 29.5. The number of fused-ring (bicyclic) bond motifs is 9. The van der Waals surface area contributed by atoms with Crippen LogP contribution in [-0.4, -0.2) is 37.1 Å². The van der Waals surface area contributed by atoms with Gasteiger partial charge in [0.05, 0.1) is 29.9 Å². The Balaban J connectivity index is 1.44. The van der Waals surface area contributed by atoms with E-state index in [1.807, 2.05) is 20.8 Å². The highest BCUT2D eigenvalue weighted by Gasteiger charge is 2.68.